The second kappa shape index (κ2) is 22.5. The molecule has 3 atom stereocenters. The normalized spacial score (nSPS) is 18.7. The summed E-state index contributed by atoms with van der Waals surface area (Å²) in [6.07, 6.45) is -0.322. The molecule has 2 fully saturated rings. The summed E-state index contributed by atoms with van der Waals surface area (Å²) in [6.45, 7) is 1.54. The predicted molar refractivity (Wildman–Crippen MR) is 241 cm³/mol. The van der Waals surface area contributed by atoms with E-state index in [2.05, 4.69) is 25.3 Å². The number of halogens is 4. The van der Waals surface area contributed by atoms with E-state index in [4.69, 9.17) is 39.9 Å². The van der Waals surface area contributed by atoms with Crippen molar-refractivity contribution in [1.82, 2.24) is 34.7 Å². The van der Waals surface area contributed by atoms with Crippen LogP contribution in [0, 0.1) is 11.6 Å². The van der Waals surface area contributed by atoms with Crippen molar-refractivity contribution >= 4 is 46.3 Å². The number of rotatable bonds is 23. The topological polar surface area (TPSA) is 271 Å². The number of aliphatic hydroxyl groups excluding tert-OH is 1. The van der Waals surface area contributed by atoms with Crippen LogP contribution in [0.25, 0.3) is 22.4 Å². The molecule has 21 nitrogen and oxygen atoms in total. The number of amides is 4. The minimum absolute atomic E-state index is 0.0249. The van der Waals surface area contributed by atoms with E-state index in [9.17, 15) is 33.1 Å². The van der Waals surface area contributed by atoms with Gasteiger partial charge in [0.05, 0.1) is 93.4 Å². The Hall–Kier alpha value is -6.90. The molecular formula is C46H50F4N10O11. The number of carbonyl (C=O) groups excluding carboxylic acids is 4. The van der Waals surface area contributed by atoms with E-state index >= 15 is 8.78 Å². The number of carbonyl (C=O) groups is 4. The van der Waals surface area contributed by atoms with E-state index < -0.39 is 71.9 Å². The summed E-state index contributed by atoms with van der Waals surface area (Å²) in [5.74, 6) is -4.04. The molecule has 25 heteroatoms. The summed E-state index contributed by atoms with van der Waals surface area (Å²) in [7, 11) is 0. The number of nitrogens with two attached hydrogens (primary N) is 2. The molecule has 0 bridgehead atoms. The van der Waals surface area contributed by atoms with Crippen molar-refractivity contribution in [3.63, 3.8) is 0 Å². The summed E-state index contributed by atoms with van der Waals surface area (Å²) < 4.78 is 92.9. The lowest BCUT2D eigenvalue weighted by molar-refractivity contribution is -0.136. The number of nitrogen functional groups attached to an aromatic ring is 1. The van der Waals surface area contributed by atoms with Gasteiger partial charge in [-0.15, -0.1) is 0 Å². The molecule has 71 heavy (non-hydrogen) atoms. The van der Waals surface area contributed by atoms with Crippen LogP contribution in [-0.2, 0) is 35.1 Å². The maximum atomic E-state index is 15.7. The molecule has 5 aromatic rings. The molecule has 0 spiro atoms. The van der Waals surface area contributed by atoms with Crippen molar-refractivity contribution in [2.45, 2.75) is 56.3 Å². The number of hydrogen-bond acceptors (Lipinski definition) is 18. The second-order valence-electron chi connectivity index (χ2n) is 16.8. The molecule has 6 heterocycles. The first kappa shape index (κ1) is 50.5. The number of pyridine rings is 1. The number of nitrogens with one attached hydrogen (secondary N) is 1. The molecule has 4 amide bonds. The summed E-state index contributed by atoms with van der Waals surface area (Å²) in [4.78, 5) is 69.3. The Kier molecular flexibility index (Phi) is 16.0. The smallest absolute Gasteiger partial charge is 0.265 e. The Morgan fingerprint density at radius 3 is 2.28 bits per heavy atom. The fraction of sp³-hybridized carbons (Fsp3) is 0.435. The van der Waals surface area contributed by atoms with Gasteiger partial charge in [0.1, 0.15) is 42.2 Å². The molecule has 3 aliphatic rings. The van der Waals surface area contributed by atoms with Crippen molar-refractivity contribution in [1.29, 1.82) is 0 Å². The van der Waals surface area contributed by atoms with Crippen LogP contribution >= 0.6 is 0 Å². The molecular weight excluding hydrogens is 945 g/mol. The Labute approximate surface area is 402 Å². The molecule has 8 rings (SSSR count). The number of benzene rings is 2. The van der Waals surface area contributed by atoms with E-state index in [0.29, 0.717) is 41.1 Å². The van der Waals surface area contributed by atoms with Gasteiger partial charge >= 0.3 is 0 Å². The largest absolute Gasteiger partial charge is 0.491 e. The highest BCUT2D eigenvalue weighted by Crippen LogP contribution is 2.36. The van der Waals surface area contributed by atoms with Gasteiger partial charge in [-0.1, -0.05) is 0 Å². The summed E-state index contributed by atoms with van der Waals surface area (Å²) in [5, 5.41) is 12.5. The minimum atomic E-state index is -3.06. The van der Waals surface area contributed by atoms with Crippen LogP contribution in [0.3, 0.4) is 0 Å². The monoisotopic (exact) mass is 994 g/mol. The van der Waals surface area contributed by atoms with Gasteiger partial charge in [0, 0.05) is 31.1 Å². The van der Waals surface area contributed by atoms with Gasteiger partial charge in [0.15, 0.2) is 29.8 Å². The van der Waals surface area contributed by atoms with Crippen LogP contribution in [0.2, 0.25) is 0 Å². The number of aromatic nitrogens is 5. The van der Waals surface area contributed by atoms with E-state index in [1.54, 1.807) is 21.6 Å². The number of alkyl halides is 2. The Morgan fingerprint density at radius 1 is 0.831 bits per heavy atom. The zero-order valence-electron chi connectivity index (χ0n) is 38.1. The Bertz CT molecular complexity index is 2770. The molecule has 378 valence electrons. The maximum Gasteiger partial charge on any atom is 0.265 e. The minimum Gasteiger partial charge on any atom is -0.491 e. The van der Waals surface area contributed by atoms with Crippen LogP contribution in [0.5, 0.6) is 11.5 Å². The van der Waals surface area contributed by atoms with Crippen molar-refractivity contribution in [2.75, 3.05) is 83.4 Å². The molecule has 0 aliphatic carbocycles. The van der Waals surface area contributed by atoms with Crippen molar-refractivity contribution in [3.8, 4) is 22.8 Å². The molecule has 2 saturated heterocycles. The van der Waals surface area contributed by atoms with Crippen LogP contribution in [0.15, 0.2) is 55.2 Å². The molecule has 3 aromatic heterocycles. The van der Waals surface area contributed by atoms with Crippen molar-refractivity contribution in [2.24, 2.45) is 5.73 Å². The van der Waals surface area contributed by atoms with Gasteiger partial charge in [-0.2, -0.15) is 0 Å². The maximum absolute atomic E-state index is 15.7. The summed E-state index contributed by atoms with van der Waals surface area (Å²) in [5.41, 5.74) is 12.5. The third-order valence-electron chi connectivity index (χ3n) is 12.1. The molecule has 0 radical (unpaired) electrons. The van der Waals surface area contributed by atoms with Gasteiger partial charge in [-0.05, 0) is 55.2 Å². The van der Waals surface area contributed by atoms with Gasteiger partial charge < -0.3 is 54.5 Å². The molecule has 6 N–H and O–H groups in total. The lowest BCUT2D eigenvalue weighted by Crippen LogP contribution is -2.63. The first-order chi connectivity index (χ1) is 34.2. The Balaban J connectivity index is 0.742. The Morgan fingerprint density at radius 2 is 1.55 bits per heavy atom. The first-order valence-corrected chi connectivity index (χ1v) is 22.5. The van der Waals surface area contributed by atoms with E-state index in [-0.39, 0.29) is 113 Å². The highest BCUT2D eigenvalue weighted by Gasteiger charge is 2.45. The fourth-order valence-electron chi connectivity index (χ4n) is 8.47. The lowest BCUT2D eigenvalue weighted by atomic mass is 9.84. The highest BCUT2D eigenvalue weighted by molar-refractivity contribution is 6.23. The van der Waals surface area contributed by atoms with Crippen molar-refractivity contribution in [3.05, 3.63) is 83.6 Å². The highest BCUT2D eigenvalue weighted by atomic mass is 19.3. The predicted octanol–water partition coefficient (Wildman–Crippen LogP) is 2.60. The second-order valence-corrected chi connectivity index (χ2v) is 16.8. The quantitative estimate of drug-likeness (QED) is 0.0317. The number of imidazole rings is 1. The summed E-state index contributed by atoms with van der Waals surface area (Å²) >= 11 is 0. The number of anilines is 2. The van der Waals surface area contributed by atoms with E-state index in [1.165, 1.54) is 31.0 Å². The number of fused-ring (bicyclic) bond motifs is 2. The zero-order chi connectivity index (χ0) is 50.2. The number of hydrogen-bond donors (Lipinski definition) is 4. The standard InChI is InChI=1S/C46H50F4N10O11/c47-31-19-36(71-25-69-13-12-67-9-8-66-10-11-68-14-15-70-27-2-3-28-29(17-27)45(65)60(44(28)64)34-4-5-37(61)57-43(34)63)32(48)18-30(31)33-16-26(21-59-24-56-38-41(51)54-23-55-42(38)59)35(20-53-33)58-7-1-6-46(52,22-58)39(62)40(49)50/h2-3,16-20,23-24,34,39-40,62H,1,4-15,21-22,25,52H2,(H2,51,54,55)(H,57,61,63)/t34?,39-,46-/m1/s1. The van der Waals surface area contributed by atoms with E-state index in [1.807, 2.05) is 0 Å². The number of nitrogens with zero attached hydrogens (tertiary/aromatic N) is 7. The molecule has 2 aromatic carbocycles. The van der Waals surface area contributed by atoms with Crippen LogP contribution in [-0.4, -0.2) is 155 Å². The number of aliphatic hydroxyl groups is 1. The number of imide groups is 2. The molecule has 1 unspecified atom stereocenters. The third-order valence-corrected chi connectivity index (χ3v) is 12.1. The van der Waals surface area contributed by atoms with Crippen LogP contribution in [0.1, 0.15) is 52.0 Å². The SMILES string of the molecule is Nc1ncnc2c1ncn2Cc1cc(-c2cc(F)c(OCOCCOCCOCCOCCOc3ccc4c(c3)C(=O)N(C3CCC(=O)NC3=O)C4=O)cc2F)ncc1N1CCC[C@](N)([C@H](O)C(F)F)C1. The van der Waals surface area contributed by atoms with E-state index in [0.717, 1.165) is 17.0 Å². The lowest BCUT2D eigenvalue weighted by Gasteiger charge is -2.44. The number of piperidine rings is 2. The van der Waals surface area contributed by atoms with Gasteiger partial charge in [-0.25, -0.2) is 32.5 Å². The van der Waals surface area contributed by atoms with Crippen LogP contribution < -0.4 is 31.2 Å². The van der Waals surface area contributed by atoms with Gasteiger partial charge in [0.2, 0.25) is 11.8 Å². The van der Waals surface area contributed by atoms with Gasteiger partial charge in [-0.3, -0.25) is 34.4 Å². The van der Waals surface area contributed by atoms with Gasteiger partial charge in [0.25, 0.3) is 18.2 Å². The fourth-order valence-corrected chi connectivity index (χ4v) is 8.47. The zero-order valence-corrected chi connectivity index (χ0v) is 38.1. The van der Waals surface area contributed by atoms with Crippen LogP contribution in [0.4, 0.5) is 29.1 Å². The van der Waals surface area contributed by atoms with Crippen molar-refractivity contribution < 1.29 is 70.3 Å². The molecule has 3 aliphatic heterocycles. The average Bonchev–Trinajstić information content (AvgIpc) is 3.87. The summed E-state index contributed by atoms with van der Waals surface area (Å²) in [6, 6.07) is 6.73. The molecule has 0 saturated carbocycles. The number of ether oxygens (including phenoxy) is 6. The third kappa shape index (κ3) is 11.5. The first-order valence-electron chi connectivity index (χ1n) is 22.5. The average molecular weight is 995 g/mol.